The summed E-state index contributed by atoms with van der Waals surface area (Å²) in [7, 11) is 0. The number of rotatable bonds is 3. The van der Waals surface area contributed by atoms with E-state index in [0.717, 1.165) is 30.8 Å². The molecule has 0 aliphatic heterocycles. The van der Waals surface area contributed by atoms with Crippen molar-refractivity contribution in [2.24, 2.45) is 11.8 Å². The first kappa shape index (κ1) is 7.18. The lowest BCUT2D eigenvalue weighted by Gasteiger charge is -2.12. The molecule has 2 fully saturated rings. The van der Waals surface area contributed by atoms with E-state index in [9.17, 15) is 0 Å². The van der Waals surface area contributed by atoms with Gasteiger partial charge in [-0.05, 0) is 31.1 Å². The monoisotopic (exact) mass is 149 g/mol. The van der Waals surface area contributed by atoms with Crippen molar-refractivity contribution in [1.82, 2.24) is 5.32 Å². The summed E-state index contributed by atoms with van der Waals surface area (Å²) in [5.41, 5.74) is 0. The van der Waals surface area contributed by atoms with Crippen LogP contribution in [0.1, 0.15) is 25.7 Å². The van der Waals surface area contributed by atoms with Crippen LogP contribution in [0.2, 0.25) is 0 Å². The highest BCUT2D eigenvalue weighted by atomic mass is 14.9. The molecule has 1 N–H and O–H groups in total. The van der Waals surface area contributed by atoms with Gasteiger partial charge in [0.25, 0.3) is 0 Å². The Bertz CT molecular complexity index is 180. The smallest absolute Gasteiger partial charge is 0.0212 e. The molecule has 0 radical (unpaired) electrons. The number of hydrogen-bond donors (Lipinski definition) is 1. The minimum absolute atomic E-state index is 0.813. The summed E-state index contributed by atoms with van der Waals surface area (Å²) in [4.78, 5) is 0. The molecular formula is C10H15N. The van der Waals surface area contributed by atoms with Crippen molar-refractivity contribution in [3.63, 3.8) is 0 Å². The van der Waals surface area contributed by atoms with Gasteiger partial charge in [0.15, 0.2) is 0 Å². The lowest BCUT2D eigenvalue weighted by molar-refractivity contribution is 0.482. The minimum atomic E-state index is 0.813. The van der Waals surface area contributed by atoms with E-state index in [0.29, 0.717) is 0 Å². The third-order valence-electron chi connectivity index (χ3n) is 3.02. The van der Waals surface area contributed by atoms with Gasteiger partial charge in [-0.25, -0.2) is 0 Å². The average molecular weight is 149 g/mol. The zero-order valence-electron chi connectivity index (χ0n) is 6.84. The highest BCUT2D eigenvalue weighted by Crippen LogP contribution is 2.51. The van der Waals surface area contributed by atoms with Crippen molar-refractivity contribution in [2.75, 3.05) is 6.54 Å². The molecule has 11 heavy (non-hydrogen) atoms. The summed E-state index contributed by atoms with van der Waals surface area (Å²) in [5.74, 6) is 4.76. The molecule has 0 aromatic heterocycles. The van der Waals surface area contributed by atoms with Crippen LogP contribution in [-0.2, 0) is 0 Å². The first-order chi connectivity index (χ1) is 5.42. The van der Waals surface area contributed by atoms with Gasteiger partial charge in [0.2, 0.25) is 0 Å². The summed E-state index contributed by atoms with van der Waals surface area (Å²) in [6, 6.07) is 0.813. The van der Waals surface area contributed by atoms with Crippen LogP contribution in [-0.4, -0.2) is 12.6 Å². The van der Waals surface area contributed by atoms with Gasteiger partial charge < -0.3 is 5.32 Å². The highest BCUT2D eigenvalue weighted by Gasteiger charge is 2.47. The van der Waals surface area contributed by atoms with Gasteiger partial charge in [0, 0.05) is 19.0 Å². The van der Waals surface area contributed by atoms with Crippen LogP contribution < -0.4 is 5.32 Å². The first-order valence-electron chi connectivity index (χ1n) is 4.58. The maximum atomic E-state index is 5.17. The predicted octanol–water partition coefficient (Wildman–Crippen LogP) is 1.40. The third kappa shape index (κ3) is 1.41. The fraction of sp³-hybridized carbons (Fsp3) is 0.800. The zero-order chi connectivity index (χ0) is 7.68. The molecule has 0 amide bonds. The summed E-state index contributed by atoms with van der Waals surface area (Å²) in [6.07, 6.45) is 10.4. The van der Waals surface area contributed by atoms with Gasteiger partial charge in [-0.3, -0.25) is 0 Å². The maximum absolute atomic E-state index is 5.17. The van der Waals surface area contributed by atoms with Crippen LogP contribution in [0.4, 0.5) is 0 Å². The zero-order valence-corrected chi connectivity index (χ0v) is 6.84. The van der Waals surface area contributed by atoms with Crippen molar-refractivity contribution in [3.8, 4) is 12.3 Å². The van der Waals surface area contributed by atoms with E-state index in [1.807, 2.05) is 0 Å². The third-order valence-corrected chi connectivity index (χ3v) is 3.02. The van der Waals surface area contributed by atoms with E-state index in [1.54, 1.807) is 0 Å². The summed E-state index contributed by atoms with van der Waals surface area (Å²) in [5, 5.41) is 3.53. The number of fused-ring (bicyclic) bond motifs is 1. The molecule has 3 atom stereocenters. The Labute approximate surface area is 68.6 Å². The largest absolute Gasteiger partial charge is 0.313 e. The molecule has 2 aliphatic carbocycles. The molecule has 0 spiro atoms. The van der Waals surface area contributed by atoms with Crippen LogP contribution >= 0.6 is 0 Å². The Kier molecular flexibility index (Phi) is 1.87. The normalized spacial score (nSPS) is 39.7. The predicted molar refractivity (Wildman–Crippen MR) is 46.1 cm³/mol. The summed E-state index contributed by atoms with van der Waals surface area (Å²) < 4.78 is 0. The Morgan fingerprint density at radius 2 is 2.36 bits per heavy atom. The molecule has 1 nitrogen and oxygen atoms in total. The van der Waals surface area contributed by atoms with Gasteiger partial charge in [0.05, 0.1) is 0 Å². The molecule has 0 aromatic carbocycles. The van der Waals surface area contributed by atoms with Crippen LogP contribution in [0.25, 0.3) is 0 Å². The van der Waals surface area contributed by atoms with E-state index < -0.39 is 0 Å². The fourth-order valence-electron chi connectivity index (χ4n) is 2.29. The molecular weight excluding hydrogens is 134 g/mol. The molecule has 60 valence electrons. The molecule has 2 saturated carbocycles. The van der Waals surface area contributed by atoms with E-state index in [1.165, 1.54) is 19.3 Å². The Balaban J connectivity index is 1.67. The Hall–Kier alpha value is -0.480. The van der Waals surface area contributed by atoms with Crippen molar-refractivity contribution in [3.05, 3.63) is 0 Å². The topological polar surface area (TPSA) is 12.0 Å². The molecule has 2 rings (SSSR count). The number of hydrogen-bond acceptors (Lipinski definition) is 1. The van der Waals surface area contributed by atoms with Crippen LogP contribution in [0.15, 0.2) is 0 Å². The van der Waals surface area contributed by atoms with E-state index in [-0.39, 0.29) is 0 Å². The highest BCUT2D eigenvalue weighted by molar-refractivity contribution is 5.01. The number of nitrogens with one attached hydrogen (secondary N) is 1. The van der Waals surface area contributed by atoms with Gasteiger partial charge >= 0.3 is 0 Å². The fourth-order valence-corrected chi connectivity index (χ4v) is 2.29. The molecule has 1 unspecified atom stereocenters. The molecule has 1 heteroatoms. The van der Waals surface area contributed by atoms with Crippen LogP contribution in [0, 0.1) is 24.2 Å². The molecule has 2 aliphatic rings. The van der Waals surface area contributed by atoms with E-state index in [2.05, 4.69) is 11.2 Å². The molecule has 0 bridgehead atoms. The van der Waals surface area contributed by atoms with Crippen LogP contribution in [0.5, 0.6) is 0 Å². The average Bonchev–Trinajstić information content (AvgIpc) is 2.70. The lowest BCUT2D eigenvalue weighted by atomic mass is 10.2. The second-order valence-electron chi connectivity index (χ2n) is 3.75. The van der Waals surface area contributed by atoms with Crippen LogP contribution in [0.3, 0.4) is 0 Å². The van der Waals surface area contributed by atoms with Crippen molar-refractivity contribution in [2.45, 2.75) is 31.7 Å². The maximum Gasteiger partial charge on any atom is 0.0212 e. The van der Waals surface area contributed by atoms with E-state index in [4.69, 9.17) is 6.42 Å². The van der Waals surface area contributed by atoms with Gasteiger partial charge in [0.1, 0.15) is 0 Å². The van der Waals surface area contributed by atoms with Crippen molar-refractivity contribution in [1.29, 1.82) is 0 Å². The molecule has 0 heterocycles. The second-order valence-corrected chi connectivity index (χ2v) is 3.75. The SMILES string of the molecule is C#CCCNC1CC[C@@H]2C[C@H]12. The lowest BCUT2D eigenvalue weighted by Crippen LogP contribution is -2.29. The summed E-state index contributed by atoms with van der Waals surface area (Å²) >= 11 is 0. The van der Waals surface area contributed by atoms with Gasteiger partial charge in [-0.15, -0.1) is 12.3 Å². The molecule has 0 saturated heterocycles. The number of terminal acetylenes is 1. The van der Waals surface area contributed by atoms with E-state index >= 15 is 0 Å². The Morgan fingerprint density at radius 1 is 1.45 bits per heavy atom. The standard InChI is InChI=1S/C10H15N/c1-2-3-6-11-10-5-4-8-7-9(8)10/h1,8-11H,3-7H2/t8-,9+,10?/m1/s1. The molecule has 0 aromatic rings. The van der Waals surface area contributed by atoms with Gasteiger partial charge in [-0.2, -0.15) is 0 Å². The first-order valence-corrected chi connectivity index (χ1v) is 4.58. The Morgan fingerprint density at radius 3 is 2.91 bits per heavy atom. The second kappa shape index (κ2) is 2.87. The minimum Gasteiger partial charge on any atom is -0.313 e. The quantitative estimate of drug-likeness (QED) is 0.472. The van der Waals surface area contributed by atoms with Gasteiger partial charge in [-0.1, -0.05) is 0 Å². The summed E-state index contributed by atoms with van der Waals surface area (Å²) in [6.45, 7) is 1.02. The van der Waals surface area contributed by atoms with Crippen molar-refractivity contribution < 1.29 is 0 Å². The van der Waals surface area contributed by atoms with Crippen molar-refractivity contribution >= 4 is 0 Å².